The van der Waals surface area contributed by atoms with Gasteiger partial charge in [-0.25, -0.2) is 4.98 Å². The summed E-state index contributed by atoms with van der Waals surface area (Å²) in [6.07, 6.45) is 4.15. The molecule has 0 unspecified atom stereocenters. The second-order valence-electron chi connectivity index (χ2n) is 5.02. The first-order chi connectivity index (χ1) is 9.33. The maximum atomic E-state index is 5.38. The maximum Gasteiger partial charge on any atom is 0.162 e. The molecule has 102 valence electrons. The molecule has 2 aromatic heterocycles. The van der Waals surface area contributed by atoms with Crippen molar-refractivity contribution in [1.29, 1.82) is 0 Å². The molecule has 3 heterocycles. The molecule has 0 saturated carbocycles. The second kappa shape index (κ2) is 5.86. The Balaban J connectivity index is 1.63. The first-order valence-corrected chi connectivity index (χ1v) is 7.60. The van der Waals surface area contributed by atoms with Gasteiger partial charge in [0.2, 0.25) is 0 Å². The zero-order valence-electron chi connectivity index (χ0n) is 11.1. The van der Waals surface area contributed by atoms with Crippen LogP contribution in [0.5, 0.6) is 0 Å². The van der Waals surface area contributed by atoms with E-state index < -0.39 is 0 Å². The van der Waals surface area contributed by atoms with Crippen LogP contribution in [0.3, 0.4) is 0 Å². The molecular weight excluding hydrogens is 258 g/mol. The summed E-state index contributed by atoms with van der Waals surface area (Å²) >= 11 is 1.65. The van der Waals surface area contributed by atoms with Crippen molar-refractivity contribution < 1.29 is 4.42 Å². The summed E-state index contributed by atoms with van der Waals surface area (Å²) < 4.78 is 5.38. The number of hydrogen-bond donors (Lipinski definition) is 1. The Morgan fingerprint density at radius 3 is 3.05 bits per heavy atom. The molecule has 5 heteroatoms. The van der Waals surface area contributed by atoms with E-state index in [0.29, 0.717) is 6.04 Å². The van der Waals surface area contributed by atoms with Crippen LogP contribution < -0.4 is 5.32 Å². The highest BCUT2D eigenvalue weighted by Crippen LogP contribution is 2.25. The number of rotatable bonds is 4. The van der Waals surface area contributed by atoms with E-state index in [2.05, 4.69) is 27.6 Å². The van der Waals surface area contributed by atoms with E-state index in [-0.39, 0.29) is 0 Å². The Morgan fingerprint density at radius 1 is 1.47 bits per heavy atom. The van der Waals surface area contributed by atoms with Crippen molar-refractivity contribution in [2.24, 2.45) is 0 Å². The van der Waals surface area contributed by atoms with Crippen LogP contribution in [0.15, 0.2) is 28.2 Å². The van der Waals surface area contributed by atoms with Gasteiger partial charge in [0, 0.05) is 18.0 Å². The average Bonchev–Trinajstić information content (AvgIpc) is 3.10. The highest BCUT2D eigenvalue weighted by molar-refractivity contribution is 7.13. The lowest BCUT2D eigenvalue weighted by molar-refractivity contribution is 0.190. The zero-order chi connectivity index (χ0) is 13.1. The SMILES string of the molecule is CN(Cc1csc(-c2ccco2)n1)C1CCNCC1. The molecule has 0 aromatic carbocycles. The summed E-state index contributed by atoms with van der Waals surface area (Å²) in [7, 11) is 2.20. The third-order valence-electron chi connectivity index (χ3n) is 3.63. The van der Waals surface area contributed by atoms with E-state index in [1.807, 2.05) is 12.1 Å². The monoisotopic (exact) mass is 277 g/mol. The highest BCUT2D eigenvalue weighted by Gasteiger charge is 2.18. The van der Waals surface area contributed by atoms with Crippen LogP contribution in [0.2, 0.25) is 0 Å². The van der Waals surface area contributed by atoms with E-state index in [0.717, 1.165) is 36.1 Å². The molecule has 0 amide bonds. The molecular formula is C14H19N3OS. The number of aromatic nitrogens is 1. The number of thiazole rings is 1. The van der Waals surface area contributed by atoms with Gasteiger partial charge in [-0.15, -0.1) is 11.3 Å². The van der Waals surface area contributed by atoms with E-state index in [9.17, 15) is 0 Å². The summed E-state index contributed by atoms with van der Waals surface area (Å²) in [5.74, 6) is 0.862. The Kier molecular flexibility index (Phi) is 3.96. The lowest BCUT2D eigenvalue weighted by Crippen LogP contribution is -2.40. The fourth-order valence-electron chi connectivity index (χ4n) is 2.53. The number of nitrogens with zero attached hydrogens (tertiary/aromatic N) is 2. The lowest BCUT2D eigenvalue weighted by Gasteiger charge is -2.31. The van der Waals surface area contributed by atoms with E-state index in [1.165, 1.54) is 12.8 Å². The average molecular weight is 277 g/mol. The predicted molar refractivity (Wildman–Crippen MR) is 77.2 cm³/mol. The molecule has 2 aromatic rings. The fraction of sp³-hybridized carbons (Fsp3) is 0.500. The Labute approximate surface area is 117 Å². The first kappa shape index (κ1) is 12.8. The minimum absolute atomic E-state index is 0.676. The van der Waals surface area contributed by atoms with Crippen molar-refractivity contribution in [2.75, 3.05) is 20.1 Å². The molecule has 1 fully saturated rings. The normalized spacial score (nSPS) is 17.2. The van der Waals surface area contributed by atoms with Crippen molar-refractivity contribution >= 4 is 11.3 Å². The molecule has 3 rings (SSSR count). The first-order valence-electron chi connectivity index (χ1n) is 6.72. The van der Waals surface area contributed by atoms with Gasteiger partial charge in [0.05, 0.1) is 12.0 Å². The van der Waals surface area contributed by atoms with Crippen LogP contribution in [0.25, 0.3) is 10.8 Å². The van der Waals surface area contributed by atoms with Gasteiger partial charge in [-0.2, -0.15) is 0 Å². The summed E-state index contributed by atoms with van der Waals surface area (Å²) in [4.78, 5) is 7.07. The minimum Gasteiger partial charge on any atom is -0.462 e. The molecule has 4 nitrogen and oxygen atoms in total. The molecule has 1 aliphatic heterocycles. The third kappa shape index (κ3) is 3.05. The van der Waals surface area contributed by atoms with Crippen LogP contribution >= 0.6 is 11.3 Å². The number of hydrogen-bond acceptors (Lipinski definition) is 5. The van der Waals surface area contributed by atoms with Crippen LogP contribution in [-0.4, -0.2) is 36.1 Å². The van der Waals surface area contributed by atoms with Crippen molar-refractivity contribution in [3.8, 4) is 10.8 Å². The quantitative estimate of drug-likeness (QED) is 0.932. The summed E-state index contributed by atoms with van der Waals surface area (Å²) in [5, 5.41) is 6.51. The van der Waals surface area contributed by atoms with Crippen molar-refractivity contribution in [2.45, 2.75) is 25.4 Å². The summed E-state index contributed by atoms with van der Waals surface area (Å²) in [6.45, 7) is 3.18. The van der Waals surface area contributed by atoms with Crippen molar-refractivity contribution in [1.82, 2.24) is 15.2 Å². The van der Waals surface area contributed by atoms with Crippen LogP contribution in [0.4, 0.5) is 0 Å². The molecule has 0 atom stereocenters. The minimum atomic E-state index is 0.676. The van der Waals surface area contributed by atoms with Crippen molar-refractivity contribution in [3.63, 3.8) is 0 Å². The Bertz CT molecular complexity index is 503. The van der Waals surface area contributed by atoms with Gasteiger partial charge in [-0.3, -0.25) is 4.90 Å². The summed E-state index contributed by atoms with van der Waals surface area (Å²) in [6, 6.07) is 4.53. The molecule has 0 bridgehead atoms. The van der Waals surface area contributed by atoms with Crippen LogP contribution in [0, 0.1) is 0 Å². The maximum absolute atomic E-state index is 5.38. The second-order valence-corrected chi connectivity index (χ2v) is 5.88. The lowest BCUT2D eigenvalue weighted by atomic mass is 10.1. The van der Waals surface area contributed by atoms with Gasteiger partial charge in [0.1, 0.15) is 0 Å². The molecule has 1 N–H and O–H groups in total. The van der Waals surface area contributed by atoms with E-state index in [4.69, 9.17) is 4.42 Å². The molecule has 0 aliphatic carbocycles. The summed E-state index contributed by atoms with van der Waals surface area (Å²) in [5.41, 5.74) is 1.14. The molecule has 1 saturated heterocycles. The Morgan fingerprint density at radius 2 is 2.32 bits per heavy atom. The van der Waals surface area contributed by atoms with Gasteiger partial charge in [0.15, 0.2) is 10.8 Å². The number of nitrogens with one attached hydrogen (secondary N) is 1. The van der Waals surface area contributed by atoms with Gasteiger partial charge < -0.3 is 9.73 Å². The standard InChI is InChI=1S/C14H19N3OS/c1-17(12-4-6-15-7-5-12)9-11-10-19-14(16-11)13-3-2-8-18-13/h2-3,8,10,12,15H,4-7,9H2,1H3. The van der Waals surface area contributed by atoms with Crippen LogP contribution in [-0.2, 0) is 6.54 Å². The van der Waals surface area contributed by atoms with Crippen molar-refractivity contribution in [3.05, 3.63) is 29.5 Å². The predicted octanol–water partition coefficient (Wildman–Crippen LogP) is 2.59. The van der Waals surface area contributed by atoms with Gasteiger partial charge in [0.25, 0.3) is 0 Å². The zero-order valence-corrected chi connectivity index (χ0v) is 11.9. The third-order valence-corrected chi connectivity index (χ3v) is 4.53. The van der Waals surface area contributed by atoms with E-state index in [1.54, 1.807) is 17.6 Å². The van der Waals surface area contributed by atoms with Gasteiger partial charge in [-0.1, -0.05) is 0 Å². The van der Waals surface area contributed by atoms with Gasteiger partial charge >= 0.3 is 0 Å². The smallest absolute Gasteiger partial charge is 0.162 e. The number of piperidine rings is 1. The number of furan rings is 1. The van der Waals surface area contributed by atoms with Gasteiger partial charge in [-0.05, 0) is 45.1 Å². The molecule has 0 spiro atoms. The largest absolute Gasteiger partial charge is 0.462 e. The van der Waals surface area contributed by atoms with E-state index >= 15 is 0 Å². The molecule has 1 aliphatic rings. The Hall–Kier alpha value is -1.17. The topological polar surface area (TPSA) is 41.3 Å². The molecule has 0 radical (unpaired) electrons. The fourth-order valence-corrected chi connectivity index (χ4v) is 3.30. The highest BCUT2D eigenvalue weighted by atomic mass is 32.1. The molecule has 19 heavy (non-hydrogen) atoms. The van der Waals surface area contributed by atoms with Crippen LogP contribution in [0.1, 0.15) is 18.5 Å².